The Morgan fingerprint density at radius 2 is 1.81 bits per heavy atom. The van der Waals surface area contributed by atoms with Crippen LogP contribution in [-0.2, 0) is 21.4 Å². The van der Waals surface area contributed by atoms with Gasteiger partial charge in [0.2, 0.25) is 15.9 Å². The molecule has 2 aromatic carbocycles. The van der Waals surface area contributed by atoms with Crippen molar-refractivity contribution < 1.29 is 17.6 Å². The van der Waals surface area contributed by atoms with Gasteiger partial charge in [-0.1, -0.05) is 36.7 Å². The summed E-state index contributed by atoms with van der Waals surface area (Å²) in [5.74, 6) is -0.944. The highest BCUT2D eigenvalue weighted by molar-refractivity contribution is 7.92. The van der Waals surface area contributed by atoms with Crippen molar-refractivity contribution in [1.82, 2.24) is 5.32 Å². The van der Waals surface area contributed by atoms with Crippen LogP contribution in [0.5, 0.6) is 0 Å². The second-order valence-corrected chi connectivity index (χ2v) is 8.04. The average Bonchev–Trinajstić information content (AvgIpc) is 2.58. The van der Waals surface area contributed by atoms with Gasteiger partial charge in [0.25, 0.3) is 0 Å². The first-order valence-corrected chi connectivity index (χ1v) is 10.2. The Balaban J connectivity index is 2.25. The van der Waals surface area contributed by atoms with E-state index in [-0.39, 0.29) is 18.7 Å². The van der Waals surface area contributed by atoms with Gasteiger partial charge in [-0.05, 0) is 42.3 Å². The van der Waals surface area contributed by atoms with Crippen LogP contribution in [0.4, 0.5) is 10.1 Å². The van der Waals surface area contributed by atoms with Crippen molar-refractivity contribution >= 4 is 33.2 Å². The van der Waals surface area contributed by atoms with E-state index >= 15 is 0 Å². The number of rotatable bonds is 7. The molecular formula is C18H20ClFN2O3S. The molecule has 140 valence electrons. The van der Waals surface area contributed by atoms with Crippen molar-refractivity contribution in [2.24, 2.45) is 0 Å². The summed E-state index contributed by atoms with van der Waals surface area (Å²) in [4.78, 5) is 12.7. The molecule has 0 spiro atoms. The Hall–Kier alpha value is -2.12. The summed E-state index contributed by atoms with van der Waals surface area (Å²) < 4.78 is 38.7. The quantitative estimate of drug-likeness (QED) is 0.777. The first-order valence-electron chi connectivity index (χ1n) is 8.00. The fourth-order valence-electron chi connectivity index (χ4n) is 2.59. The predicted molar refractivity (Wildman–Crippen MR) is 101 cm³/mol. The number of nitrogens with one attached hydrogen (secondary N) is 1. The van der Waals surface area contributed by atoms with Gasteiger partial charge in [0, 0.05) is 11.6 Å². The Morgan fingerprint density at radius 3 is 2.35 bits per heavy atom. The highest BCUT2D eigenvalue weighted by Gasteiger charge is 2.31. The summed E-state index contributed by atoms with van der Waals surface area (Å²) in [5, 5.41) is 3.23. The zero-order valence-electron chi connectivity index (χ0n) is 14.4. The monoisotopic (exact) mass is 398 g/mol. The standard InChI is InChI=1S/C18H20ClFN2O3S/c1-3-17(18(23)21-12-13-6-4-5-7-16(13)19)22(26(2,24)25)15-10-8-14(20)9-11-15/h4-11,17H,3,12H2,1-2H3,(H,21,23). The summed E-state index contributed by atoms with van der Waals surface area (Å²) in [5.41, 5.74) is 0.957. The maximum Gasteiger partial charge on any atom is 0.244 e. The predicted octanol–water partition coefficient (Wildman–Crippen LogP) is 3.34. The van der Waals surface area contributed by atoms with Gasteiger partial charge >= 0.3 is 0 Å². The first-order chi connectivity index (χ1) is 12.2. The van der Waals surface area contributed by atoms with E-state index in [1.165, 1.54) is 12.1 Å². The number of halogens is 2. The SMILES string of the molecule is CCC(C(=O)NCc1ccccc1Cl)N(c1ccc(F)cc1)S(C)(=O)=O. The molecular weight excluding hydrogens is 379 g/mol. The number of carbonyl (C=O) groups is 1. The molecule has 0 radical (unpaired) electrons. The van der Waals surface area contributed by atoms with E-state index in [0.717, 1.165) is 28.3 Å². The van der Waals surface area contributed by atoms with Gasteiger partial charge in [-0.3, -0.25) is 9.10 Å². The molecule has 0 aliphatic rings. The van der Waals surface area contributed by atoms with E-state index in [2.05, 4.69) is 5.32 Å². The molecule has 2 rings (SSSR count). The van der Waals surface area contributed by atoms with Crippen molar-refractivity contribution in [3.63, 3.8) is 0 Å². The zero-order valence-corrected chi connectivity index (χ0v) is 16.0. The third kappa shape index (κ3) is 4.95. The number of amides is 1. The van der Waals surface area contributed by atoms with Crippen LogP contribution in [-0.4, -0.2) is 26.6 Å². The topological polar surface area (TPSA) is 66.5 Å². The summed E-state index contributed by atoms with van der Waals surface area (Å²) in [7, 11) is -3.75. The minimum atomic E-state index is -3.75. The van der Waals surface area contributed by atoms with Gasteiger partial charge in [0.1, 0.15) is 11.9 Å². The Bertz CT molecular complexity index is 872. The summed E-state index contributed by atoms with van der Waals surface area (Å²) in [6.07, 6.45) is 1.26. The molecule has 8 heteroatoms. The van der Waals surface area contributed by atoms with Crippen LogP contribution in [0.2, 0.25) is 5.02 Å². The number of anilines is 1. The second kappa shape index (κ2) is 8.51. The molecule has 0 aliphatic carbocycles. The highest BCUT2D eigenvalue weighted by atomic mass is 35.5. The van der Waals surface area contributed by atoms with Gasteiger partial charge in [-0.15, -0.1) is 0 Å². The van der Waals surface area contributed by atoms with Crippen LogP contribution in [0.15, 0.2) is 48.5 Å². The van der Waals surface area contributed by atoms with Crippen molar-refractivity contribution in [3.8, 4) is 0 Å². The third-order valence-electron chi connectivity index (χ3n) is 3.82. The lowest BCUT2D eigenvalue weighted by Gasteiger charge is -2.30. The molecule has 0 fully saturated rings. The van der Waals surface area contributed by atoms with Crippen LogP contribution in [0, 0.1) is 5.82 Å². The van der Waals surface area contributed by atoms with Gasteiger partial charge in [0.05, 0.1) is 11.9 Å². The Morgan fingerprint density at radius 1 is 1.19 bits per heavy atom. The van der Waals surface area contributed by atoms with Crippen molar-refractivity contribution in [3.05, 3.63) is 64.9 Å². The summed E-state index contributed by atoms with van der Waals surface area (Å²) in [6, 6.07) is 11.1. The number of hydrogen-bond donors (Lipinski definition) is 1. The molecule has 26 heavy (non-hydrogen) atoms. The maximum atomic E-state index is 13.2. The van der Waals surface area contributed by atoms with Gasteiger partial charge in [0.15, 0.2) is 0 Å². The maximum absolute atomic E-state index is 13.2. The fourth-order valence-corrected chi connectivity index (χ4v) is 4.00. The van der Waals surface area contributed by atoms with Crippen LogP contribution in [0.25, 0.3) is 0 Å². The minimum Gasteiger partial charge on any atom is -0.350 e. The molecule has 5 nitrogen and oxygen atoms in total. The molecule has 1 N–H and O–H groups in total. The second-order valence-electron chi connectivity index (χ2n) is 5.77. The molecule has 0 aliphatic heterocycles. The largest absolute Gasteiger partial charge is 0.350 e. The molecule has 0 aromatic heterocycles. The fraction of sp³-hybridized carbons (Fsp3) is 0.278. The summed E-state index contributed by atoms with van der Waals surface area (Å²) >= 11 is 6.07. The van der Waals surface area contributed by atoms with Gasteiger partial charge < -0.3 is 5.32 Å². The molecule has 0 saturated heterocycles. The van der Waals surface area contributed by atoms with Crippen molar-refractivity contribution in [1.29, 1.82) is 0 Å². The highest BCUT2D eigenvalue weighted by Crippen LogP contribution is 2.23. The molecule has 1 unspecified atom stereocenters. The molecule has 0 saturated carbocycles. The third-order valence-corrected chi connectivity index (χ3v) is 5.37. The number of sulfonamides is 1. The average molecular weight is 399 g/mol. The van der Waals surface area contributed by atoms with E-state index in [1.807, 2.05) is 0 Å². The van der Waals surface area contributed by atoms with E-state index in [4.69, 9.17) is 11.6 Å². The lowest BCUT2D eigenvalue weighted by Crippen LogP contribution is -2.49. The van der Waals surface area contributed by atoms with E-state index in [9.17, 15) is 17.6 Å². The Labute approximate surface area is 157 Å². The molecule has 1 atom stereocenters. The Kier molecular flexibility index (Phi) is 6.61. The van der Waals surface area contributed by atoms with E-state index < -0.39 is 27.8 Å². The van der Waals surface area contributed by atoms with Crippen LogP contribution < -0.4 is 9.62 Å². The number of nitrogens with zero attached hydrogens (tertiary/aromatic N) is 1. The lowest BCUT2D eigenvalue weighted by molar-refractivity contribution is -0.122. The normalized spacial score (nSPS) is 12.5. The van der Waals surface area contributed by atoms with Crippen molar-refractivity contribution in [2.75, 3.05) is 10.6 Å². The molecule has 2 aromatic rings. The smallest absolute Gasteiger partial charge is 0.244 e. The molecule has 1 amide bonds. The molecule has 0 bridgehead atoms. The van der Waals surface area contributed by atoms with Crippen LogP contribution in [0.1, 0.15) is 18.9 Å². The zero-order chi connectivity index (χ0) is 19.3. The summed E-state index contributed by atoms with van der Waals surface area (Å²) in [6.45, 7) is 1.89. The minimum absolute atomic E-state index is 0.177. The first kappa shape index (κ1) is 20.2. The van der Waals surface area contributed by atoms with Gasteiger partial charge in [-0.2, -0.15) is 0 Å². The van der Waals surface area contributed by atoms with Crippen LogP contribution in [0.3, 0.4) is 0 Å². The molecule has 0 heterocycles. The van der Waals surface area contributed by atoms with Gasteiger partial charge in [-0.25, -0.2) is 12.8 Å². The van der Waals surface area contributed by atoms with Crippen molar-refractivity contribution in [2.45, 2.75) is 25.9 Å². The van der Waals surface area contributed by atoms with E-state index in [1.54, 1.807) is 31.2 Å². The van der Waals surface area contributed by atoms with Crippen LogP contribution >= 0.6 is 11.6 Å². The number of carbonyl (C=O) groups excluding carboxylic acids is 1. The van der Waals surface area contributed by atoms with E-state index in [0.29, 0.717) is 5.02 Å². The number of benzene rings is 2. The number of hydrogen-bond acceptors (Lipinski definition) is 3. The lowest BCUT2D eigenvalue weighted by atomic mass is 10.1.